The number of fused-ring (bicyclic) bond motifs is 1. The van der Waals surface area contributed by atoms with Crippen LogP contribution in [0, 0.1) is 11.6 Å². The van der Waals surface area contributed by atoms with Crippen LogP contribution in [-0.2, 0) is 6.42 Å². The third-order valence-corrected chi connectivity index (χ3v) is 3.41. The van der Waals surface area contributed by atoms with E-state index in [0.29, 0.717) is 6.42 Å². The van der Waals surface area contributed by atoms with Crippen LogP contribution in [0.5, 0.6) is 0 Å². The van der Waals surface area contributed by atoms with Crippen molar-refractivity contribution in [1.82, 2.24) is 0 Å². The van der Waals surface area contributed by atoms with E-state index in [9.17, 15) is 13.9 Å². The molecule has 19 heavy (non-hydrogen) atoms. The summed E-state index contributed by atoms with van der Waals surface area (Å²) in [5.41, 5.74) is 2.31. The van der Waals surface area contributed by atoms with Gasteiger partial charge in [0.05, 0.1) is 12.1 Å². The minimum atomic E-state index is -0.947. The van der Waals surface area contributed by atoms with E-state index in [4.69, 9.17) is 0 Å². The summed E-state index contributed by atoms with van der Waals surface area (Å²) in [5, 5.41) is 13.4. The lowest BCUT2D eigenvalue weighted by molar-refractivity contribution is 0.156. The largest absolute Gasteiger partial charge is 0.386 e. The molecule has 2 nitrogen and oxygen atoms in total. The Morgan fingerprint density at radius 2 is 1.79 bits per heavy atom. The lowest BCUT2D eigenvalue weighted by Crippen LogP contribution is -2.25. The number of nitrogens with one attached hydrogen (secondary N) is 1. The molecule has 2 atom stereocenters. The topological polar surface area (TPSA) is 32.3 Å². The van der Waals surface area contributed by atoms with E-state index in [1.165, 1.54) is 12.1 Å². The average molecular weight is 261 g/mol. The fourth-order valence-corrected chi connectivity index (χ4v) is 2.50. The molecule has 0 bridgehead atoms. The Morgan fingerprint density at radius 1 is 1.11 bits per heavy atom. The minimum Gasteiger partial charge on any atom is -0.386 e. The Morgan fingerprint density at radius 3 is 2.47 bits per heavy atom. The van der Waals surface area contributed by atoms with E-state index < -0.39 is 17.7 Å². The molecule has 0 saturated carbocycles. The summed E-state index contributed by atoms with van der Waals surface area (Å²) in [6.07, 6.45) is -0.312. The van der Waals surface area contributed by atoms with E-state index in [1.54, 1.807) is 0 Å². The highest BCUT2D eigenvalue weighted by Crippen LogP contribution is 2.32. The monoisotopic (exact) mass is 261 g/mol. The second-order valence-electron chi connectivity index (χ2n) is 4.76. The summed E-state index contributed by atoms with van der Waals surface area (Å²) in [7, 11) is 0. The van der Waals surface area contributed by atoms with Gasteiger partial charge in [0.2, 0.25) is 0 Å². The van der Waals surface area contributed by atoms with Crippen molar-refractivity contribution in [3.05, 3.63) is 65.2 Å². The number of hydrogen-bond acceptors (Lipinski definition) is 2. The first-order valence-corrected chi connectivity index (χ1v) is 6.12. The molecular formula is C15H13F2NO. The first kappa shape index (κ1) is 12.1. The molecule has 0 amide bonds. The summed E-state index contributed by atoms with van der Waals surface area (Å²) in [6.45, 7) is 0. The second kappa shape index (κ2) is 4.63. The molecule has 4 heteroatoms. The Balaban J connectivity index is 1.84. The molecule has 98 valence electrons. The summed E-state index contributed by atoms with van der Waals surface area (Å²) in [5.74, 6) is -1.35. The van der Waals surface area contributed by atoms with Gasteiger partial charge in [-0.3, -0.25) is 0 Å². The first-order valence-electron chi connectivity index (χ1n) is 6.12. The van der Waals surface area contributed by atoms with E-state index in [2.05, 4.69) is 5.32 Å². The molecule has 1 aliphatic heterocycles. The lowest BCUT2D eigenvalue weighted by atomic mass is 9.99. The van der Waals surface area contributed by atoms with Crippen LogP contribution in [0.1, 0.15) is 17.2 Å². The molecule has 2 N–H and O–H groups in total. The number of aliphatic hydroxyl groups is 1. The van der Waals surface area contributed by atoms with Crippen LogP contribution in [0.3, 0.4) is 0 Å². The molecular weight excluding hydrogens is 248 g/mol. The Labute approximate surface area is 109 Å². The molecule has 0 fully saturated rings. The fourth-order valence-electron chi connectivity index (χ4n) is 2.50. The quantitative estimate of drug-likeness (QED) is 0.871. The smallest absolute Gasteiger partial charge is 0.126 e. The lowest BCUT2D eigenvalue weighted by Gasteiger charge is -2.19. The summed E-state index contributed by atoms with van der Waals surface area (Å²) >= 11 is 0. The van der Waals surface area contributed by atoms with Gasteiger partial charge in [0, 0.05) is 11.8 Å². The van der Waals surface area contributed by atoms with Gasteiger partial charge in [-0.2, -0.15) is 0 Å². The minimum absolute atomic E-state index is 0.253. The number of rotatable bonds is 2. The maximum atomic E-state index is 13.2. The van der Waals surface area contributed by atoms with Crippen LogP contribution < -0.4 is 5.32 Å². The van der Waals surface area contributed by atoms with Gasteiger partial charge in [-0.15, -0.1) is 0 Å². The molecule has 0 aliphatic carbocycles. The van der Waals surface area contributed by atoms with Gasteiger partial charge in [-0.1, -0.05) is 18.2 Å². The van der Waals surface area contributed by atoms with Crippen LogP contribution in [0.2, 0.25) is 0 Å². The second-order valence-corrected chi connectivity index (χ2v) is 4.76. The van der Waals surface area contributed by atoms with E-state index >= 15 is 0 Å². The molecule has 2 unspecified atom stereocenters. The zero-order chi connectivity index (χ0) is 13.4. The third kappa shape index (κ3) is 2.31. The summed E-state index contributed by atoms with van der Waals surface area (Å²) in [6, 6.07) is 10.6. The predicted molar refractivity (Wildman–Crippen MR) is 68.9 cm³/mol. The molecule has 3 rings (SSSR count). The molecule has 0 radical (unpaired) electrons. The zero-order valence-corrected chi connectivity index (χ0v) is 10.1. The predicted octanol–water partition coefficient (Wildman–Crippen LogP) is 3.04. The third-order valence-electron chi connectivity index (χ3n) is 3.41. The number of benzene rings is 2. The van der Waals surface area contributed by atoms with Gasteiger partial charge in [0.1, 0.15) is 11.6 Å². The van der Waals surface area contributed by atoms with Gasteiger partial charge in [0.15, 0.2) is 0 Å². The zero-order valence-electron chi connectivity index (χ0n) is 10.1. The fraction of sp³-hybridized carbons (Fsp3) is 0.200. The van der Waals surface area contributed by atoms with Gasteiger partial charge in [-0.05, 0) is 35.7 Å². The van der Waals surface area contributed by atoms with Crippen molar-refractivity contribution < 1.29 is 13.9 Å². The van der Waals surface area contributed by atoms with Crippen molar-refractivity contribution in [3.63, 3.8) is 0 Å². The van der Waals surface area contributed by atoms with Crippen molar-refractivity contribution in [2.24, 2.45) is 0 Å². The molecule has 0 spiro atoms. The normalized spacial score (nSPS) is 18.8. The summed E-state index contributed by atoms with van der Waals surface area (Å²) in [4.78, 5) is 0. The van der Waals surface area contributed by atoms with Gasteiger partial charge >= 0.3 is 0 Å². The van der Waals surface area contributed by atoms with Crippen molar-refractivity contribution in [2.45, 2.75) is 18.6 Å². The van der Waals surface area contributed by atoms with E-state index in [0.717, 1.165) is 17.3 Å². The molecule has 0 aromatic heterocycles. The maximum Gasteiger partial charge on any atom is 0.126 e. The molecule has 1 heterocycles. The molecule has 0 saturated heterocycles. The summed E-state index contributed by atoms with van der Waals surface area (Å²) < 4.78 is 26.3. The maximum absolute atomic E-state index is 13.2. The van der Waals surface area contributed by atoms with Crippen molar-refractivity contribution >= 4 is 5.69 Å². The Kier molecular flexibility index (Phi) is 2.95. The van der Waals surface area contributed by atoms with Gasteiger partial charge in [0.25, 0.3) is 0 Å². The number of anilines is 1. The van der Waals surface area contributed by atoms with Crippen molar-refractivity contribution in [3.8, 4) is 0 Å². The molecule has 2 aromatic rings. The van der Waals surface area contributed by atoms with Crippen LogP contribution >= 0.6 is 0 Å². The van der Waals surface area contributed by atoms with Crippen LogP contribution in [0.4, 0.5) is 14.5 Å². The Hall–Kier alpha value is -1.94. The van der Waals surface area contributed by atoms with Crippen LogP contribution in [-0.4, -0.2) is 11.1 Å². The number of aliphatic hydroxyl groups excluding tert-OH is 1. The van der Waals surface area contributed by atoms with Gasteiger partial charge < -0.3 is 10.4 Å². The molecule has 1 aliphatic rings. The SMILES string of the molecule is OC(c1cc(F)cc(F)c1)C1Cc2ccccc2N1. The van der Waals surface area contributed by atoms with E-state index in [-0.39, 0.29) is 11.6 Å². The standard InChI is InChI=1S/C15H13F2NO/c16-11-5-10(6-12(17)8-11)15(19)14-7-9-3-1-2-4-13(9)18-14/h1-6,8,14-15,18-19H,7H2. The van der Waals surface area contributed by atoms with Crippen LogP contribution in [0.25, 0.3) is 0 Å². The molecule has 2 aromatic carbocycles. The van der Waals surface area contributed by atoms with Crippen molar-refractivity contribution in [1.29, 1.82) is 0 Å². The van der Waals surface area contributed by atoms with E-state index in [1.807, 2.05) is 24.3 Å². The number of hydrogen-bond donors (Lipinski definition) is 2. The van der Waals surface area contributed by atoms with Crippen LogP contribution in [0.15, 0.2) is 42.5 Å². The van der Waals surface area contributed by atoms with Gasteiger partial charge in [-0.25, -0.2) is 8.78 Å². The highest BCUT2D eigenvalue weighted by Gasteiger charge is 2.28. The van der Waals surface area contributed by atoms with Crippen molar-refractivity contribution in [2.75, 3.05) is 5.32 Å². The average Bonchev–Trinajstić information content (AvgIpc) is 2.80. The highest BCUT2D eigenvalue weighted by molar-refractivity contribution is 5.57. The number of halogens is 2. The first-order chi connectivity index (χ1) is 9.13. The number of para-hydroxylation sites is 1. The highest BCUT2D eigenvalue weighted by atomic mass is 19.1. The Bertz CT molecular complexity index is 570.